The summed E-state index contributed by atoms with van der Waals surface area (Å²) in [5, 5.41) is 6.43. The molecule has 0 amide bonds. The fourth-order valence-corrected chi connectivity index (χ4v) is 2.03. The summed E-state index contributed by atoms with van der Waals surface area (Å²) >= 11 is 0. The largest absolute Gasteiger partial charge is 0.301 e. The standard InChI is InChI=1S/C17H20N2/c1-18-17(19-2)16-12-10-15(11-13-16)9-8-14-6-4-3-5-7-14/h3-13,17-19H,1-2H3/b9-8+. The van der Waals surface area contributed by atoms with Crippen LogP contribution >= 0.6 is 0 Å². The fraction of sp³-hybridized carbons (Fsp3) is 0.176. The molecule has 2 N–H and O–H groups in total. The number of hydrogen-bond donors (Lipinski definition) is 2. The molecule has 0 fully saturated rings. The Morgan fingerprint density at radius 1 is 0.737 bits per heavy atom. The van der Waals surface area contributed by atoms with Crippen LogP contribution in [0, 0.1) is 0 Å². The van der Waals surface area contributed by atoms with Crippen molar-refractivity contribution in [3.05, 3.63) is 71.3 Å². The first-order chi connectivity index (χ1) is 9.33. The highest BCUT2D eigenvalue weighted by molar-refractivity contribution is 5.69. The van der Waals surface area contributed by atoms with E-state index in [-0.39, 0.29) is 6.17 Å². The lowest BCUT2D eigenvalue weighted by atomic mass is 10.1. The molecule has 2 aromatic rings. The highest BCUT2D eigenvalue weighted by Crippen LogP contribution is 2.13. The highest BCUT2D eigenvalue weighted by Gasteiger charge is 2.04. The van der Waals surface area contributed by atoms with E-state index in [2.05, 4.69) is 59.2 Å². The minimum atomic E-state index is 0.201. The third-order valence-corrected chi connectivity index (χ3v) is 3.11. The Kier molecular flexibility index (Phi) is 4.90. The molecule has 2 nitrogen and oxygen atoms in total. The van der Waals surface area contributed by atoms with Crippen LogP contribution in [0.2, 0.25) is 0 Å². The van der Waals surface area contributed by atoms with Crippen molar-refractivity contribution < 1.29 is 0 Å². The topological polar surface area (TPSA) is 24.1 Å². The van der Waals surface area contributed by atoms with Crippen LogP contribution in [0.15, 0.2) is 54.6 Å². The van der Waals surface area contributed by atoms with Crippen LogP contribution in [0.3, 0.4) is 0 Å². The molecular formula is C17H20N2. The Bertz CT molecular complexity index is 511. The van der Waals surface area contributed by atoms with Crippen molar-refractivity contribution in [2.75, 3.05) is 14.1 Å². The molecule has 0 aliphatic rings. The summed E-state index contributed by atoms with van der Waals surface area (Å²) < 4.78 is 0. The van der Waals surface area contributed by atoms with Gasteiger partial charge in [0, 0.05) is 0 Å². The molecule has 0 saturated heterocycles. The maximum Gasteiger partial charge on any atom is 0.0830 e. The maximum absolute atomic E-state index is 3.22. The summed E-state index contributed by atoms with van der Waals surface area (Å²) in [4.78, 5) is 0. The quantitative estimate of drug-likeness (QED) is 0.630. The molecule has 19 heavy (non-hydrogen) atoms. The first-order valence-corrected chi connectivity index (χ1v) is 6.51. The second kappa shape index (κ2) is 6.88. The minimum Gasteiger partial charge on any atom is -0.301 e. The van der Waals surface area contributed by atoms with Crippen molar-refractivity contribution in [2.24, 2.45) is 0 Å². The molecule has 0 aliphatic heterocycles. The van der Waals surface area contributed by atoms with Crippen molar-refractivity contribution in [3.63, 3.8) is 0 Å². The van der Waals surface area contributed by atoms with Gasteiger partial charge in [-0.3, -0.25) is 0 Å². The van der Waals surface area contributed by atoms with Gasteiger partial charge in [-0.15, -0.1) is 0 Å². The van der Waals surface area contributed by atoms with Gasteiger partial charge in [-0.25, -0.2) is 0 Å². The van der Waals surface area contributed by atoms with Crippen LogP contribution in [0.4, 0.5) is 0 Å². The van der Waals surface area contributed by atoms with Crippen LogP contribution in [0.1, 0.15) is 22.9 Å². The molecule has 0 atom stereocenters. The molecule has 2 rings (SSSR count). The molecule has 0 spiro atoms. The average Bonchev–Trinajstić information content (AvgIpc) is 2.49. The Labute approximate surface area is 115 Å². The van der Waals surface area contributed by atoms with Gasteiger partial charge in [0.2, 0.25) is 0 Å². The van der Waals surface area contributed by atoms with Gasteiger partial charge in [0.25, 0.3) is 0 Å². The van der Waals surface area contributed by atoms with Gasteiger partial charge >= 0.3 is 0 Å². The van der Waals surface area contributed by atoms with E-state index in [0.717, 1.165) is 0 Å². The Balaban J connectivity index is 2.09. The van der Waals surface area contributed by atoms with Gasteiger partial charge in [0.1, 0.15) is 0 Å². The molecule has 0 unspecified atom stereocenters. The summed E-state index contributed by atoms with van der Waals surface area (Å²) in [5.74, 6) is 0. The van der Waals surface area contributed by atoms with Gasteiger partial charge in [0.05, 0.1) is 6.17 Å². The van der Waals surface area contributed by atoms with Crippen LogP contribution in [-0.4, -0.2) is 14.1 Å². The van der Waals surface area contributed by atoms with E-state index in [9.17, 15) is 0 Å². The highest BCUT2D eigenvalue weighted by atomic mass is 15.1. The van der Waals surface area contributed by atoms with E-state index in [1.165, 1.54) is 16.7 Å². The average molecular weight is 252 g/mol. The second-order valence-corrected chi connectivity index (χ2v) is 4.42. The SMILES string of the molecule is CNC(NC)c1ccc(/C=C/c2ccccc2)cc1. The Hall–Kier alpha value is -1.90. The van der Waals surface area contributed by atoms with E-state index < -0.39 is 0 Å². The summed E-state index contributed by atoms with van der Waals surface area (Å²) in [7, 11) is 3.90. The summed E-state index contributed by atoms with van der Waals surface area (Å²) in [5.41, 5.74) is 3.66. The zero-order valence-corrected chi connectivity index (χ0v) is 11.4. The van der Waals surface area contributed by atoms with E-state index >= 15 is 0 Å². The van der Waals surface area contributed by atoms with Crippen molar-refractivity contribution in [1.29, 1.82) is 0 Å². The van der Waals surface area contributed by atoms with Crippen molar-refractivity contribution in [2.45, 2.75) is 6.17 Å². The molecular weight excluding hydrogens is 232 g/mol. The zero-order chi connectivity index (χ0) is 13.5. The van der Waals surface area contributed by atoms with Crippen LogP contribution in [-0.2, 0) is 0 Å². The van der Waals surface area contributed by atoms with Gasteiger partial charge in [0.15, 0.2) is 0 Å². The number of hydrogen-bond acceptors (Lipinski definition) is 2. The van der Waals surface area contributed by atoms with Crippen molar-refractivity contribution in [1.82, 2.24) is 10.6 Å². The van der Waals surface area contributed by atoms with E-state index in [0.29, 0.717) is 0 Å². The van der Waals surface area contributed by atoms with Crippen LogP contribution in [0.25, 0.3) is 12.2 Å². The van der Waals surface area contributed by atoms with Crippen molar-refractivity contribution in [3.8, 4) is 0 Å². The summed E-state index contributed by atoms with van der Waals surface area (Å²) in [6.07, 6.45) is 4.46. The molecule has 98 valence electrons. The third kappa shape index (κ3) is 3.78. The number of benzene rings is 2. The zero-order valence-electron chi connectivity index (χ0n) is 11.4. The molecule has 0 aromatic heterocycles. The Morgan fingerprint density at radius 3 is 1.79 bits per heavy atom. The predicted molar refractivity (Wildman–Crippen MR) is 82.7 cm³/mol. The predicted octanol–water partition coefficient (Wildman–Crippen LogP) is 3.29. The molecule has 0 saturated carbocycles. The maximum atomic E-state index is 3.22. The summed E-state index contributed by atoms with van der Waals surface area (Å²) in [6, 6.07) is 18.9. The number of rotatable bonds is 5. The molecule has 0 bridgehead atoms. The lowest BCUT2D eigenvalue weighted by Gasteiger charge is -2.15. The van der Waals surface area contributed by atoms with Gasteiger partial charge < -0.3 is 10.6 Å². The first kappa shape index (κ1) is 13.5. The molecule has 0 heterocycles. The van der Waals surface area contributed by atoms with Crippen LogP contribution < -0.4 is 10.6 Å². The Morgan fingerprint density at radius 2 is 1.26 bits per heavy atom. The van der Waals surface area contributed by atoms with E-state index in [1.807, 2.05) is 32.3 Å². The smallest absolute Gasteiger partial charge is 0.0830 e. The lowest BCUT2D eigenvalue weighted by molar-refractivity contribution is 0.520. The first-order valence-electron chi connectivity index (χ1n) is 6.51. The van der Waals surface area contributed by atoms with Crippen molar-refractivity contribution >= 4 is 12.2 Å². The van der Waals surface area contributed by atoms with E-state index in [1.54, 1.807) is 0 Å². The monoisotopic (exact) mass is 252 g/mol. The summed E-state index contributed by atoms with van der Waals surface area (Å²) in [6.45, 7) is 0. The molecule has 2 heteroatoms. The number of nitrogens with one attached hydrogen (secondary N) is 2. The van der Waals surface area contributed by atoms with E-state index in [4.69, 9.17) is 0 Å². The molecule has 2 aromatic carbocycles. The van der Waals surface area contributed by atoms with Gasteiger partial charge in [-0.2, -0.15) is 0 Å². The lowest BCUT2D eigenvalue weighted by Crippen LogP contribution is -2.28. The van der Waals surface area contributed by atoms with Gasteiger partial charge in [-0.05, 0) is 30.8 Å². The molecule has 0 aliphatic carbocycles. The van der Waals surface area contributed by atoms with Crippen LogP contribution in [0.5, 0.6) is 0 Å². The normalized spacial score (nSPS) is 11.3. The third-order valence-electron chi connectivity index (χ3n) is 3.11. The fourth-order valence-electron chi connectivity index (χ4n) is 2.03. The minimum absolute atomic E-state index is 0.201. The molecule has 0 radical (unpaired) electrons. The van der Waals surface area contributed by atoms with Gasteiger partial charge in [-0.1, -0.05) is 66.7 Å². The second-order valence-electron chi connectivity index (χ2n) is 4.42.